The molecule has 2 aromatic rings. The van der Waals surface area contributed by atoms with E-state index in [1.165, 1.54) is 5.56 Å². The average molecular weight is 273 g/mol. The zero-order valence-corrected chi connectivity index (χ0v) is 13.2. The van der Waals surface area contributed by atoms with E-state index in [0.29, 0.717) is 0 Å². The third-order valence-corrected chi connectivity index (χ3v) is 3.68. The molecule has 2 rings (SSSR count). The lowest BCUT2D eigenvalue weighted by molar-refractivity contribution is 0.774. The number of hydrogen-bond donors (Lipinski definition) is 1. The number of aromatic nitrogens is 4. The first-order chi connectivity index (χ1) is 9.49. The Morgan fingerprint density at radius 2 is 1.70 bits per heavy atom. The summed E-state index contributed by atoms with van der Waals surface area (Å²) in [5.41, 5.74) is 4.43. The summed E-state index contributed by atoms with van der Waals surface area (Å²) < 4.78 is 1.93. The van der Waals surface area contributed by atoms with Crippen molar-refractivity contribution >= 4 is 5.82 Å². The summed E-state index contributed by atoms with van der Waals surface area (Å²) in [6.45, 7) is 13.2. The summed E-state index contributed by atoms with van der Waals surface area (Å²) in [6, 6.07) is 0. The van der Waals surface area contributed by atoms with Gasteiger partial charge in [0.15, 0.2) is 5.82 Å². The van der Waals surface area contributed by atoms with Crippen molar-refractivity contribution in [3.8, 4) is 5.82 Å². The second kappa shape index (κ2) is 5.61. The van der Waals surface area contributed by atoms with E-state index < -0.39 is 0 Å². The first-order valence-electron chi connectivity index (χ1n) is 7.14. The number of aryl methyl sites for hydroxylation is 2. The maximum absolute atomic E-state index is 4.67. The number of nitrogens with zero attached hydrogens (tertiary/aromatic N) is 4. The summed E-state index contributed by atoms with van der Waals surface area (Å²) in [7, 11) is 0. The number of rotatable bonds is 4. The van der Waals surface area contributed by atoms with Crippen molar-refractivity contribution in [3.05, 3.63) is 28.3 Å². The van der Waals surface area contributed by atoms with Crippen molar-refractivity contribution in [1.29, 1.82) is 0 Å². The van der Waals surface area contributed by atoms with Gasteiger partial charge in [-0.25, -0.2) is 14.6 Å². The Morgan fingerprint density at radius 3 is 2.20 bits per heavy atom. The molecule has 2 heterocycles. The van der Waals surface area contributed by atoms with Gasteiger partial charge in [-0.15, -0.1) is 0 Å². The summed E-state index contributed by atoms with van der Waals surface area (Å²) in [4.78, 5) is 9.23. The predicted molar refractivity (Wildman–Crippen MR) is 81.6 cm³/mol. The number of hydrogen-bond acceptors (Lipinski definition) is 4. The normalized spacial score (nSPS) is 10.9. The molecule has 0 aliphatic carbocycles. The molecule has 2 aromatic heterocycles. The van der Waals surface area contributed by atoms with Gasteiger partial charge in [-0.2, -0.15) is 5.10 Å². The Hall–Kier alpha value is -1.91. The fourth-order valence-electron chi connectivity index (χ4n) is 2.18. The molecule has 0 aliphatic rings. The van der Waals surface area contributed by atoms with Crippen molar-refractivity contribution in [3.63, 3.8) is 0 Å². The molecule has 0 atom stereocenters. The van der Waals surface area contributed by atoms with E-state index in [9.17, 15) is 0 Å². The van der Waals surface area contributed by atoms with Crippen LogP contribution in [0.1, 0.15) is 42.2 Å². The van der Waals surface area contributed by atoms with Crippen LogP contribution in [0.3, 0.4) is 0 Å². The summed E-state index contributed by atoms with van der Waals surface area (Å²) in [6.07, 6.45) is 0.809. The maximum Gasteiger partial charge on any atom is 0.162 e. The van der Waals surface area contributed by atoms with Gasteiger partial charge >= 0.3 is 0 Å². The minimum Gasteiger partial charge on any atom is -0.370 e. The second-order valence-electron chi connectivity index (χ2n) is 5.03. The summed E-state index contributed by atoms with van der Waals surface area (Å²) in [5, 5.41) is 7.93. The van der Waals surface area contributed by atoms with Crippen molar-refractivity contribution in [1.82, 2.24) is 19.7 Å². The van der Waals surface area contributed by atoms with Crippen molar-refractivity contribution in [2.45, 2.75) is 48.0 Å². The Morgan fingerprint density at radius 1 is 1.00 bits per heavy atom. The van der Waals surface area contributed by atoms with Gasteiger partial charge in [0.2, 0.25) is 0 Å². The minimum atomic E-state index is 0.809. The highest BCUT2D eigenvalue weighted by Crippen LogP contribution is 2.22. The largest absolute Gasteiger partial charge is 0.370 e. The molecule has 1 N–H and O–H groups in total. The van der Waals surface area contributed by atoms with Crippen LogP contribution in [0.15, 0.2) is 0 Å². The molecule has 0 aromatic carbocycles. The third kappa shape index (κ3) is 2.40. The van der Waals surface area contributed by atoms with Gasteiger partial charge in [0.1, 0.15) is 11.6 Å². The van der Waals surface area contributed by atoms with Crippen LogP contribution in [-0.4, -0.2) is 26.3 Å². The van der Waals surface area contributed by atoms with Gasteiger partial charge in [0.25, 0.3) is 0 Å². The molecule has 5 heteroatoms. The quantitative estimate of drug-likeness (QED) is 0.930. The lowest BCUT2D eigenvalue weighted by Gasteiger charge is -2.13. The first kappa shape index (κ1) is 14.5. The van der Waals surface area contributed by atoms with Crippen LogP contribution in [-0.2, 0) is 6.42 Å². The highest BCUT2D eigenvalue weighted by molar-refractivity contribution is 5.52. The molecule has 0 aliphatic heterocycles. The molecule has 108 valence electrons. The zero-order valence-electron chi connectivity index (χ0n) is 13.2. The van der Waals surface area contributed by atoms with Gasteiger partial charge < -0.3 is 5.32 Å². The molecule has 0 fully saturated rings. The minimum absolute atomic E-state index is 0.809. The fraction of sp³-hybridized carbons (Fsp3) is 0.533. The highest BCUT2D eigenvalue weighted by atomic mass is 15.3. The van der Waals surface area contributed by atoms with E-state index in [-0.39, 0.29) is 0 Å². The molecule has 0 saturated heterocycles. The first-order valence-corrected chi connectivity index (χ1v) is 7.14. The Bertz CT molecular complexity index is 628. The molecule has 0 radical (unpaired) electrons. The lowest BCUT2D eigenvalue weighted by Crippen LogP contribution is -2.12. The lowest BCUT2D eigenvalue weighted by atomic mass is 10.2. The van der Waals surface area contributed by atoms with E-state index in [4.69, 9.17) is 0 Å². The average Bonchev–Trinajstić information content (AvgIpc) is 2.69. The van der Waals surface area contributed by atoms with Gasteiger partial charge in [-0.1, -0.05) is 6.92 Å². The van der Waals surface area contributed by atoms with Crippen LogP contribution < -0.4 is 5.32 Å². The number of nitrogens with one attached hydrogen (secondary N) is 1. The fourth-order valence-corrected chi connectivity index (χ4v) is 2.18. The summed E-state index contributed by atoms with van der Waals surface area (Å²) >= 11 is 0. The molecular weight excluding hydrogens is 250 g/mol. The van der Waals surface area contributed by atoms with E-state index in [1.54, 1.807) is 0 Å². The Kier molecular flexibility index (Phi) is 4.06. The molecular formula is C15H23N5. The summed E-state index contributed by atoms with van der Waals surface area (Å²) in [5.74, 6) is 2.62. The number of anilines is 1. The standard InChI is InChI=1S/C15H23N5/c1-7-13-17-14(16-8-2)10(4)15(18-13)20-12(6)9(3)11(5)19-20/h7-8H2,1-6H3,(H,16,17,18). The molecule has 0 spiro atoms. The van der Waals surface area contributed by atoms with Crippen LogP contribution in [0.2, 0.25) is 0 Å². The maximum atomic E-state index is 4.67. The van der Waals surface area contributed by atoms with Crippen LogP contribution in [0, 0.1) is 27.7 Å². The van der Waals surface area contributed by atoms with Crippen molar-refractivity contribution in [2.24, 2.45) is 0 Å². The predicted octanol–water partition coefficient (Wildman–Crippen LogP) is 2.89. The zero-order chi connectivity index (χ0) is 14.9. The van der Waals surface area contributed by atoms with Crippen LogP contribution in [0.25, 0.3) is 5.82 Å². The highest BCUT2D eigenvalue weighted by Gasteiger charge is 2.16. The van der Waals surface area contributed by atoms with Crippen LogP contribution in [0.4, 0.5) is 5.82 Å². The van der Waals surface area contributed by atoms with Crippen molar-refractivity contribution in [2.75, 3.05) is 11.9 Å². The molecule has 20 heavy (non-hydrogen) atoms. The Labute approximate surface area is 120 Å². The van der Waals surface area contributed by atoms with E-state index in [0.717, 1.165) is 47.4 Å². The SMILES string of the molecule is CCNc1nc(CC)nc(-n2nc(C)c(C)c2C)c1C. The van der Waals surface area contributed by atoms with E-state index >= 15 is 0 Å². The molecule has 0 saturated carbocycles. The van der Waals surface area contributed by atoms with Crippen molar-refractivity contribution < 1.29 is 0 Å². The van der Waals surface area contributed by atoms with Gasteiger partial charge in [0, 0.05) is 24.2 Å². The van der Waals surface area contributed by atoms with E-state index in [2.05, 4.69) is 48.1 Å². The van der Waals surface area contributed by atoms with E-state index in [1.807, 2.05) is 18.5 Å². The van der Waals surface area contributed by atoms with Crippen LogP contribution >= 0.6 is 0 Å². The smallest absolute Gasteiger partial charge is 0.162 e. The second-order valence-corrected chi connectivity index (χ2v) is 5.03. The molecule has 0 amide bonds. The molecule has 5 nitrogen and oxygen atoms in total. The van der Waals surface area contributed by atoms with Crippen LogP contribution in [0.5, 0.6) is 0 Å². The van der Waals surface area contributed by atoms with Gasteiger partial charge in [-0.3, -0.25) is 0 Å². The Balaban J connectivity index is 2.66. The molecule has 0 bridgehead atoms. The third-order valence-electron chi connectivity index (χ3n) is 3.68. The van der Waals surface area contributed by atoms with Gasteiger partial charge in [-0.05, 0) is 40.2 Å². The van der Waals surface area contributed by atoms with Gasteiger partial charge in [0.05, 0.1) is 5.69 Å². The topological polar surface area (TPSA) is 55.6 Å². The monoisotopic (exact) mass is 273 g/mol. The molecule has 0 unspecified atom stereocenters.